The van der Waals surface area contributed by atoms with Gasteiger partial charge in [-0.1, -0.05) is 25.1 Å². The first-order chi connectivity index (χ1) is 13.2. The number of likely N-dealkylation sites (N-methyl/N-ethyl adjacent to an activating group) is 1. The number of methoxy groups -OCH3 is 1. The van der Waals surface area contributed by atoms with Gasteiger partial charge in [-0.25, -0.2) is 0 Å². The summed E-state index contributed by atoms with van der Waals surface area (Å²) in [5.74, 6) is 0.953. The summed E-state index contributed by atoms with van der Waals surface area (Å²) in [5.41, 5.74) is 2.66. The van der Waals surface area contributed by atoms with Crippen LogP contribution in [-0.4, -0.2) is 37.2 Å². The first-order valence-electron chi connectivity index (χ1n) is 9.28. The molecule has 2 aromatic carbocycles. The fourth-order valence-electron chi connectivity index (χ4n) is 4.16. The van der Waals surface area contributed by atoms with Crippen molar-refractivity contribution in [3.8, 4) is 5.75 Å². The standard InChI is InChI=1S/C21H23N3O3/c1-3-24-18(21(25)26-2)11-14-13-27-19-10-9-16(12-17(19)20(14)24)23-22-15-7-5-4-6-8-15/h4-10,12,14,18,20H,3,11,13H2,1-2H3/t14-,18-,20-/m1/s1. The van der Waals surface area contributed by atoms with Crippen LogP contribution in [0.4, 0.5) is 11.4 Å². The van der Waals surface area contributed by atoms with Crippen molar-refractivity contribution in [2.45, 2.75) is 25.4 Å². The Morgan fingerprint density at radius 3 is 2.70 bits per heavy atom. The number of fused-ring (bicyclic) bond motifs is 3. The molecule has 0 amide bonds. The Bertz CT molecular complexity index is 853. The predicted octanol–water partition coefficient (Wildman–Crippen LogP) is 4.42. The topological polar surface area (TPSA) is 63.5 Å². The second kappa shape index (κ2) is 7.48. The van der Waals surface area contributed by atoms with Crippen molar-refractivity contribution in [2.24, 2.45) is 16.1 Å². The summed E-state index contributed by atoms with van der Waals surface area (Å²) < 4.78 is 11.0. The molecule has 3 atom stereocenters. The number of ether oxygens (including phenoxy) is 2. The molecule has 6 nitrogen and oxygen atoms in total. The molecule has 0 saturated carbocycles. The Hall–Kier alpha value is -2.73. The van der Waals surface area contributed by atoms with Crippen LogP contribution in [0.25, 0.3) is 0 Å². The highest BCUT2D eigenvalue weighted by molar-refractivity contribution is 5.76. The molecule has 1 fully saturated rings. The Balaban J connectivity index is 1.65. The average Bonchev–Trinajstić information content (AvgIpc) is 3.11. The number of esters is 1. The van der Waals surface area contributed by atoms with Crippen LogP contribution >= 0.6 is 0 Å². The predicted molar refractivity (Wildman–Crippen MR) is 102 cm³/mol. The van der Waals surface area contributed by atoms with Crippen LogP contribution in [-0.2, 0) is 9.53 Å². The van der Waals surface area contributed by atoms with E-state index in [1.54, 1.807) is 0 Å². The molecule has 0 aromatic heterocycles. The van der Waals surface area contributed by atoms with Gasteiger partial charge in [0.2, 0.25) is 0 Å². The van der Waals surface area contributed by atoms with Crippen molar-refractivity contribution >= 4 is 17.3 Å². The van der Waals surface area contributed by atoms with Gasteiger partial charge < -0.3 is 9.47 Å². The molecule has 0 spiro atoms. The summed E-state index contributed by atoms with van der Waals surface area (Å²) in [6, 6.07) is 15.4. The Morgan fingerprint density at radius 2 is 1.96 bits per heavy atom. The van der Waals surface area contributed by atoms with Gasteiger partial charge in [0.05, 0.1) is 25.1 Å². The molecule has 27 heavy (non-hydrogen) atoms. The van der Waals surface area contributed by atoms with E-state index in [1.165, 1.54) is 7.11 Å². The maximum absolute atomic E-state index is 12.2. The molecule has 4 rings (SSSR count). The fraction of sp³-hybridized carbons (Fsp3) is 0.381. The number of hydrogen-bond acceptors (Lipinski definition) is 6. The largest absolute Gasteiger partial charge is 0.493 e. The first-order valence-corrected chi connectivity index (χ1v) is 9.28. The number of likely N-dealkylation sites (tertiary alicyclic amines) is 1. The summed E-state index contributed by atoms with van der Waals surface area (Å²) in [4.78, 5) is 14.4. The number of carbonyl (C=O) groups is 1. The first kappa shape index (κ1) is 17.7. The van der Waals surface area contributed by atoms with Gasteiger partial charge in [-0.3, -0.25) is 9.69 Å². The van der Waals surface area contributed by atoms with Crippen molar-refractivity contribution in [3.63, 3.8) is 0 Å². The number of hydrogen-bond donors (Lipinski definition) is 0. The molecule has 2 aliphatic rings. The third-order valence-corrected chi connectivity index (χ3v) is 5.37. The minimum absolute atomic E-state index is 0.134. The number of nitrogens with zero attached hydrogens (tertiary/aromatic N) is 3. The van der Waals surface area contributed by atoms with E-state index in [0.29, 0.717) is 6.61 Å². The third kappa shape index (κ3) is 3.32. The van der Waals surface area contributed by atoms with Gasteiger partial charge in [-0.15, -0.1) is 0 Å². The van der Waals surface area contributed by atoms with Crippen LogP contribution in [0.3, 0.4) is 0 Å². The summed E-state index contributed by atoms with van der Waals surface area (Å²) in [6.45, 7) is 3.47. The maximum Gasteiger partial charge on any atom is 0.323 e. The molecule has 1 saturated heterocycles. The van der Waals surface area contributed by atoms with Gasteiger partial charge >= 0.3 is 5.97 Å². The van der Waals surface area contributed by atoms with Gasteiger partial charge in [0, 0.05) is 17.5 Å². The van der Waals surface area contributed by atoms with Crippen LogP contribution in [0.1, 0.15) is 24.9 Å². The van der Waals surface area contributed by atoms with Gasteiger partial charge in [0.15, 0.2) is 0 Å². The van der Waals surface area contributed by atoms with Gasteiger partial charge in [0.25, 0.3) is 0 Å². The van der Waals surface area contributed by atoms with Gasteiger partial charge in [-0.05, 0) is 43.3 Å². The third-order valence-electron chi connectivity index (χ3n) is 5.37. The van der Waals surface area contributed by atoms with Crippen molar-refractivity contribution in [2.75, 3.05) is 20.3 Å². The lowest BCUT2D eigenvalue weighted by Gasteiger charge is -2.34. The quantitative estimate of drug-likeness (QED) is 0.594. The van der Waals surface area contributed by atoms with Crippen LogP contribution < -0.4 is 4.74 Å². The maximum atomic E-state index is 12.2. The summed E-state index contributed by atoms with van der Waals surface area (Å²) in [7, 11) is 1.45. The van der Waals surface area contributed by atoms with Crippen LogP contribution in [0, 0.1) is 5.92 Å². The zero-order valence-corrected chi connectivity index (χ0v) is 15.5. The summed E-state index contributed by atoms with van der Waals surface area (Å²) in [6.07, 6.45) is 0.750. The number of benzene rings is 2. The van der Waals surface area contributed by atoms with E-state index >= 15 is 0 Å². The molecule has 6 heteroatoms. The summed E-state index contributed by atoms with van der Waals surface area (Å²) in [5, 5.41) is 8.68. The van der Waals surface area contributed by atoms with E-state index in [1.807, 2.05) is 48.5 Å². The van der Waals surface area contributed by atoms with Crippen molar-refractivity contribution < 1.29 is 14.3 Å². The van der Waals surface area contributed by atoms with Gasteiger partial charge in [-0.2, -0.15) is 10.2 Å². The highest BCUT2D eigenvalue weighted by Gasteiger charge is 2.47. The van der Waals surface area contributed by atoms with E-state index in [-0.39, 0.29) is 24.0 Å². The lowest BCUT2D eigenvalue weighted by molar-refractivity contribution is -0.146. The van der Waals surface area contributed by atoms with E-state index < -0.39 is 0 Å². The highest BCUT2D eigenvalue weighted by atomic mass is 16.5. The minimum atomic E-state index is -0.223. The Kier molecular flexibility index (Phi) is 4.90. The fourth-order valence-corrected chi connectivity index (χ4v) is 4.16. The molecule has 2 aromatic rings. The molecule has 0 radical (unpaired) electrons. The number of rotatable bonds is 4. The highest BCUT2D eigenvalue weighted by Crippen LogP contribution is 2.48. The molecule has 2 aliphatic heterocycles. The lowest BCUT2D eigenvalue weighted by atomic mass is 9.90. The second-order valence-electron chi connectivity index (χ2n) is 6.88. The normalized spacial score (nSPS) is 24.3. The second-order valence-corrected chi connectivity index (χ2v) is 6.88. The van der Waals surface area contributed by atoms with Crippen molar-refractivity contribution in [1.82, 2.24) is 4.90 Å². The summed E-state index contributed by atoms with van der Waals surface area (Å²) >= 11 is 0. The zero-order valence-electron chi connectivity index (χ0n) is 15.5. The van der Waals surface area contributed by atoms with E-state index in [4.69, 9.17) is 9.47 Å². The van der Waals surface area contributed by atoms with Gasteiger partial charge in [0.1, 0.15) is 11.8 Å². The van der Waals surface area contributed by atoms with Crippen molar-refractivity contribution in [3.05, 3.63) is 54.1 Å². The van der Waals surface area contributed by atoms with Crippen LogP contribution in [0.5, 0.6) is 5.75 Å². The number of azo groups is 1. The van der Waals surface area contributed by atoms with Crippen LogP contribution in [0.2, 0.25) is 0 Å². The molecule has 0 bridgehead atoms. The number of carbonyl (C=O) groups excluding carboxylic acids is 1. The van der Waals surface area contributed by atoms with E-state index in [2.05, 4.69) is 22.1 Å². The molecule has 140 valence electrons. The smallest absolute Gasteiger partial charge is 0.323 e. The zero-order chi connectivity index (χ0) is 18.8. The van der Waals surface area contributed by atoms with Crippen molar-refractivity contribution in [1.29, 1.82) is 0 Å². The molecule has 0 aliphatic carbocycles. The molecule has 0 N–H and O–H groups in total. The Morgan fingerprint density at radius 1 is 1.19 bits per heavy atom. The molecule has 0 unspecified atom stereocenters. The monoisotopic (exact) mass is 365 g/mol. The van der Waals surface area contributed by atoms with Crippen LogP contribution in [0.15, 0.2) is 58.8 Å². The SMILES string of the molecule is CCN1[C@@H](C(=O)OC)C[C@@H]2COc3ccc(N=Nc4ccccc4)cc3[C@@H]21. The average molecular weight is 365 g/mol. The minimum Gasteiger partial charge on any atom is -0.493 e. The molecular formula is C21H23N3O3. The molecule has 2 heterocycles. The Labute approximate surface area is 158 Å². The van der Waals surface area contributed by atoms with E-state index in [9.17, 15) is 4.79 Å². The molecular weight excluding hydrogens is 342 g/mol. The lowest BCUT2D eigenvalue weighted by Crippen LogP contribution is -2.39. The van der Waals surface area contributed by atoms with E-state index in [0.717, 1.165) is 35.7 Å².